The fourth-order valence-corrected chi connectivity index (χ4v) is 4.37. The number of hydrogen-bond donors (Lipinski definition) is 0. The number of aromatic nitrogens is 2. The van der Waals surface area contributed by atoms with Gasteiger partial charge >= 0.3 is 0 Å². The highest BCUT2D eigenvalue weighted by atomic mass is 32.2. The number of amides is 1. The molecule has 0 spiro atoms. The van der Waals surface area contributed by atoms with E-state index in [1.165, 1.54) is 18.7 Å². The molecule has 1 aromatic carbocycles. The van der Waals surface area contributed by atoms with Crippen molar-refractivity contribution in [1.29, 1.82) is 0 Å². The minimum Gasteiger partial charge on any atom is -0.338 e. The summed E-state index contributed by atoms with van der Waals surface area (Å²) in [5.74, 6) is 2.52. The van der Waals surface area contributed by atoms with Crippen LogP contribution in [0.15, 0.2) is 41.6 Å². The highest BCUT2D eigenvalue weighted by molar-refractivity contribution is 7.98. The molecule has 0 radical (unpaired) electrons. The summed E-state index contributed by atoms with van der Waals surface area (Å²) >= 11 is 1.64. The molecule has 0 unspecified atom stereocenters. The van der Waals surface area contributed by atoms with E-state index in [1.54, 1.807) is 11.8 Å². The van der Waals surface area contributed by atoms with Gasteiger partial charge in [-0.1, -0.05) is 12.1 Å². The van der Waals surface area contributed by atoms with Gasteiger partial charge < -0.3 is 9.47 Å². The molecular weight excluding hydrogens is 330 g/mol. The molecule has 0 N–H and O–H groups in total. The first-order valence-electron chi connectivity index (χ1n) is 9.19. The van der Waals surface area contributed by atoms with Crippen molar-refractivity contribution in [3.05, 3.63) is 48.0 Å². The van der Waals surface area contributed by atoms with Crippen molar-refractivity contribution in [3.8, 4) is 0 Å². The number of carbonyl (C=O) groups is 1. The number of hydrogen-bond acceptors (Lipinski definition) is 3. The van der Waals surface area contributed by atoms with Crippen LogP contribution in [0.25, 0.3) is 0 Å². The lowest BCUT2D eigenvalue weighted by molar-refractivity contribution is 0.0699. The number of imidazole rings is 1. The highest BCUT2D eigenvalue weighted by Gasteiger charge is 2.30. The molecule has 0 bridgehead atoms. The first-order valence-corrected chi connectivity index (χ1v) is 10.4. The van der Waals surface area contributed by atoms with Crippen molar-refractivity contribution in [2.45, 2.75) is 43.0 Å². The first kappa shape index (κ1) is 16.7. The van der Waals surface area contributed by atoms with Crippen molar-refractivity contribution >= 4 is 17.7 Å². The van der Waals surface area contributed by atoms with Crippen LogP contribution >= 0.6 is 11.8 Å². The third-order valence-electron chi connectivity index (χ3n) is 5.31. The van der Waals surface area contributed by atoms with E-state index in [-0.39, 0.29) is 5.91 Å². The van der Waals surface area contributed by atoms with E-state index in [9.17, 15) is 4.79 Å². The van der Waals surface area contributed by atoms with Gasteiger partial charge in [0, 0.05) is 42.8 Å². The quantitative estimate of drug-likeness (QED) is 0.760. The van der Waals surface area contributed by atoms with Gasteiger partial charge in [-0.2, -0.15) is 0 Å². The van der Waals surface area contributed by atoms with Gasteiger partial charge in [0.1, 0.15) is 5.82 Å². The van der Waals surface area contributed by atoms with Crippen LogP contribution in [0.1, 0.15) is 47.8 Å². The van der Waals surface area contributed by atoms with Crippen LogP contribution in [0.5, 0.6) is 0 Å². The smallest absolute Gasteiger partial charge is 0.255 e. The van der Waals surface area contributed by atoms with Gasteiger partial charge in [-0.15, -0.1) is 11.8 Å². The second kappa shape index (κ2) is 7.24. The van der Waals surface area contributed by atoms with Crippen molar-refractivity contribution in [3.63, 3.8) is 0 Å². The number of thioether (sulfide) groups is 1. The zero-order valence-electron chi connectivity index (χ0n) is 14.7. The summed E-state index contributed by atoms with van der Waals surface area (Å²) in [5.41, 5.74) is 0.831. The maximum absolute atomic E-state index is 13.1. The van der Waals surface area contributed by atoms with Gasteiger partial charge in [0.05, 0.1) is 5.56 Å². The summed E-state index contributed by atoms with van der Waals surface area (Å²) in [5, 5.41) is 0. The van der Waals surface area contributed by atoms with Gasteiger partial charge in [-0.05, 0) is 50.0 Å². The van der Waals surface area contributed by atoms with Crippen LogP contribution in [0.3, 0.4) is 0 Å². The third-order valence-corrected chi connectivity index (χ3v) is 6.11. The Kier molecular flexibility index (Phi) is 4.84. The molecule has 132 valence electrons. The topological polar surface area (TPSA) is 38.1 Å². The fraction of sp³-hybridized carbons (Fsp3) is 0.500. The zero-order chi connectivity index (χ0) is 17.2. The SMILES string of the molecule is CSc1ccccc1C(=O)N1CCC[C@H](c2nccn2CC2CC2)C1. The molecule has 1 saturated heterocycles. The minimum absolute atomic E-state index is 0.162. The molecule has 2 heterocycles. The number of nitrogens with zero attached hydrogens (tertiary/aromatic N) is 3. The van der Waals surface area contributed by atoms with Crippen LogP contribution in [0.2, 0.25) is 0 Å². The molecule has 4 rings (SSSR count). The molecule has 1 aromatic heterocycles. The lowest BCUT2D eigenvalue weighted by Crippen LogP contribution is -2.40. The highest BCUT2D eigenvalue weighted by Crippen LogP contribution is 2.33. The minimum atomic E-state index is 0.162. The summed E-state index contributed by atoms with van der Waals surface area (Å²) in [6, 6.07) is 7.93. The Balaban J connectivity index is 1.51. The number of rotatable bonds is 5. The molecule has 2 fully saturated rings. The van der Waals surface area contributed by atoms with E-state index in [4.69, 9.17) is 0 Å². The van der Waals surface area contributed by atoms with E-state index >= 15 is 0 Å². The van der Waals surface area contributed by atoms with E-state index in [2.05, 4.69) is 15.7 Å². The van der Waals surface area contributed by atoms with Crippen molar-refractivity contribution in [2.75, 3.05) is 19.3 Å². The molecule has 5 heteroatoms. The Labute approximate surface area is 153 Å². The molecule has 1 saturated carbocycles. The molecule has 1 aliphatic heterocycles. The number of benzene rings is 1. The Morgan fingerprint density at radius 1 is 1.28 bits per heavy atom. The molecular formula is C20H25N3OS. The predicted octanol–water partition coefficient (Wildman–Crippen LogP) is 4.03. The predicted molar refractivity (Wildman–Crippen MR) is 101 cm³/mol. The van der Waals surface area contributed by atoms with E-state index in [0.29, 0.717) is 5.92 Å². The van der Waals surface area contributed by atoms with Gasteiger partial charge in [-0.25, -0.2) is 4.98 Å². The van der Waals surface area contributed by atoms with E-state index in [1.807, 2.05) is 41.6 Å². The summed E-state index contributed by atoms with van der Waals surface area (Å²) in [6.07, 6.45) is 10.9. The van der Waals surface area contributed by atoms with Gasteiger partial charge in [0.15, 0.2) is 0 Å². The molecule has 2 aliphatic rings. The summed E-state index contributed by atoms with van der Waals surface area (Å²) in [7, 11) is 0. The van der Waals surface area contributed by atoms with Crippen LogP contribution in [-0.4, -0.2) is 39.7 Å². The van der Waals surface area contributed by atoms with Crippen LogP contribution in [0, 0.1) is 5.92 Å². The van der Waals surface area contributed by atoms with Crippen molar-refractivity contribution in [1.82, 2.24) is 14.5 Å². The van der Waals surface area contributed by atoms with Crippen molar-refractivity contribution < 1.29 is 4.79 Å². The first-order chi connectivity index (χ1) is 12.3. The van der Waals surface area contributed by atoms with Gasteiger partial charge in [0.25, 0.3) is 5.91 Å². The van der Waals surface area contributed by atoms with Crippen LogP contribution < -0.4 is 0 Å². The zero-order valence-corrected chi connectivity index (χ0v) is 15.5. The largest absolute Gasteiger partial charge is 0.338 e. The second-order valence-electron chi connectivity index (χ2n) is 7.17. The average molecular weight is 356 g/mol. The maximum atomic E-state index is 13.1. The monoisotopic (exact) mass is 355 g/mol. The molecule has 1 atom stereocenters. The fourth-order valence-electron chi connectivity index (χ4n) is 3.78. The van der Waals surface area contributed by atoms with Crippen LogP contribution in [0.4, 0.5) is 0 Å². The third kappa shape index (κ3) is 3.61. The molecule has 4 nitrogen and oxygen atoms in total. The van der Waals surface area contributed by atoms with Crippen LogP contribution in [-0.2, 0) is 6.54 Å². The Morgan fingerprint density at radius 3 is 2.92 bits per heavy atom. The second-order valence-corrected chi connectivity index (χ2v) is 8.02. The Hall–Kier alpha value is -1.75. The summed E-state index contributed by atoms with van der Waals surface area (Å²) in [6.45, 7) is 2.72. The van der Waals surface area contributed by atoms with E-state index in [0.717, 1.165) is 48.9 Å². The molecule has 25 heavy (non-hydrogen) atoms. The average Bonchev–Trinajstić information content (AvgIpc) is 3.36. The molecule has 1 amide bonds. The standard InChI is InChI=1S/C20H25N3OS/c1-25-18-7-3-2-6-17(18)20(24)23-11-4-5-16(14-23)19-21-10-12-22(19)13-15-8-9-15/h2-3,6-7,10,12,15-16H,4-5,8-9,11,13-14H2,1H3/t16-/m0/s1. The Morgan fingerprint density at radius 2 is 2.12 bits per heavy atom. The lowest BCUT2D eigenvalue weighted by Gasteiger charge is -2.33. The normalized spacial score (nSPS) is 20.7. The Bertz CT molecular complexity index is 753. The van der Waals surface area contributed by atoms with Gasteiger partial charge in [-0.3, -0.25) is 4.79 Å². The lowest BCUT2D eigenvalue weighted by atomic mass is 9.96. The van der Waals surface area contributed by atoms with Gasteiger partial charge in [0.2, 0.25) is 0 Å². The number of carbonyl (C=O) groups excluding carboxylic acids is 1. The van der Waals surface area contributed by atoms with Crippen molar-refractivity contribution in [2.24, 2.45) is 5.92 Å². The molecule has 1 aliphatic carbocycles. The summed E-state index contributed by atoms with van der Waals surface area (Å²) < 4.78 is 2.33. The number of piperidine rings is 1. The number of likely N-dealkylation sites (tertiary alicyclic amines) is 1. The summed E-state index contributed by atoms with van der Waals surface area (Å²) in [4.78, 5) is 20.8. The van der Waals surface area contributed by atoms with E-state index < -0.39 is 0 Å². The maximum Gasteiger partial charge on any atom is 0.255 e. The molecule has 2 aromatic rings.